The minimum absolute atomic E-state index is 0.00420. The van der Waals surface area contributed by atoms with Crippen molar-refractivity contribution in [2.75, 3.05) is 23.0 Å². The molecule has 3 aliphatic heterocycles. The number of hydrogen-bond donors (Lipinski definition) is 0. The van der Waals surface area contributed by atoms with Crippen molar-refractivity contribution in [2.45, 2.75) is 99.3 Å². The average Bonchev–Trinajstić information content (AvgIpc) is 3.06. The van der Waals surface area contributed by atoms with Crippen molar-refractivity contribution in [3.8, 4) is 11.5 Å². The van der Waals surface area contributed by atoms with Gasteiger partial charge in [0, 0.05) is 34.5 Å². The Morgan fingerprint density at radius 1 is 0.500 bits per heavy atom. The summed E-state index contributed by atoms with van der Waals surface area (Å²) in [4.78, 5) is 5.05. The Labute approximate surface area is 311 Å². The minimum atomic E-state index is -0.00996. The van der Waals surface area contributed by atoms with Crippen LogP contribution in [0.1, 0.15) is 95.7 Å². The van der Waals surface area contributed by atoms with Crippen molar-refractivity contribution in [1.82, 2.24) is 0 Å². The highest BCUT2D eigenvalue weighted by atomic mass is 16.6. The van der Waals surface area contributed by atoms with Crippen LogP contribution in [-0.4, -0.2) is 19.9 Å². The summed E-state index contributed by atoms with van der Waals surface area (Å²) in [6, 6.07) is 30.5. The van der Waals surface area contributed by atoms with E-state index in [9.17, 15) is 0 Å². The highest BCUT2D eigenvalue weighted by molar-refractivity contribution is 7.00. The fourth-order valence-electron chi connectivity index (χ4n) is 8.51. The first kappa shape index (κ1) is 34.5. The van der Waals surface area contributed by atoms with Gasteiger partial charge in [-0.2, -0.15) is 0 Å². The predicted molar refractivity (Wildman–Crippen MR) is 222 cm³/mol. The second kappa shape index (κ2) is 11.7. The molecule has 0 N–H and O–H groups in total. The smallest absolute Gasteiger partial charge is 0.252 e. The zero-order valence-corrected chi connectivity index (χ0v) is 33.2. The van der Waals surface area contributed by atoms with E-state index in [2.05, 4.69) is 172 Å². The Hall–Kier alpha value is -4.64. The van der Waals surface area contributed by atoms with Gasteiger partial charge in [-0.1, -0.05) is 98.7 Å². The van der Waals surface area contributed by atoms with Crippen LogP contribution in [0.5, 0.6) is 11.5 Å². The van der Waals surface area contributed by atoms with Gasteiger partial charge in [-0.25, -0.2) is 0 Å². The molecule has 0 fully saturated rings. The van der Waals surface area contributed by atoms with E-state index in [-0.39, 0.29) is 23.0 Å². The van der Waals surface area contributed by atoms with E-state index in [1.165, 1.54) is 78.2 Å². The van der Waals surface area contributed by atoms with E-state index in [0.29, 0.717) is 13.2 Å². The predicted octanol–water partition coefficient (Wildman–Crippen LogP) is 10.4. The molecule has 5 aromatic carbocycles. The summed E-state index contributed by atoms with van der Waals surface area (Å²) < 4.78 is 12.6. The van der Waals surface area contributed by atoms with E-state index in [1.807, 2.05) is 0 Å². The van der Waals surface area contributed by atoms with Gasteiger partial charge in [-0.3, -0.25) is 0 Å². The Kier molecular flexibility index (Phi) is 7.74. The van der Waals surface area contributed by atoms with Crippen LogP contribution < -0.4 is 35.7 Å². The maximum absolute atomic E-state index is 6.32. The van der Waals surface area contributed by atoms with E-state index in [0.717, 1.165) is 17.2 Å². The number of hydrogen-bond acceptors (Lipinski definition) is 4. The molecule has 0 spiro atoms. The summed E-state index contributed by atoms with van der Waals surface area (Å²) in [5.41, 5.74) is 19.0. The van der Waals surface area contributed by atoms with Crippen molar-refractivity contribution < 1.29 is 9.47 Å². The van der Waals surface area contributed by atoms with Crippen molar-refractivity contribution >= 4 is 57.2 Å². The van der Waals surface area contributed by atoms with Gasteiger partial charge in [0.05, 0.1) is 5.69 Å². The van der Waals surface area contributed by atoms with Crippen molar-refractivity contribution in [3.63, 3.8) is 0 Å². The fraction of sp³-hybridized carbons (Fsp3) is 0.362. The van der Waals surface area contributed by atoms with Crippen LogP contribution in [0.15, 0.2) is 78.9 Å². The first-order chi connectivity index (χ1) is 24.4. The highest BCUT2D eigenvalue weighted by Crippen LogP contribution is 2.49. The van der Waals surface area contributed by atoms with E-state index in [1.54, 1.807) is 0 Å². The van der Waals surface area contributed by atoms with Gasteiger partial charge in [0.25, 0.3) is 6.71 Å². The lowest BCUT2D eigenvalue weighted by Crippen LogP contribution is -2.61. The summed E-state index contributed by atoms with van der Waals surface area (Å²) in [5.74, 6) is 1.64. The number of fused-ring (bicyclic) bond motifs is 5. The van der Waals surface area contributed by atoms with Gasteiger partial charge in [-0.05, 0) is 123 Å². The molecule has 0 aromatic heterocycles. The van der Waals surface area contributed by atoms with Crippen LogP contribution >= 0.6 is 0 Å². The maximum atomic E-state index is 6.32. The van der Waals surface area contributed by atoms with Gasteiger partial charge >= 0.3 is 0 Å². The van der Waals surface area contributed by atoms with E-state index >= 15 is 0 Å². The van der Waals surface area contributed by atoms with E-state index < -0.39 is 0 Å². The Balaban J connectivity index is 1.47. The number of anilines is 6. The topological polar surface area (TPSA) is 24.9 Å². The number of aryl methyl sites for hydroxylation is 3. The Morgan fingerprint density at radius 2 is 1.02 bits per heavy atom. The molecular weight excluding hydrogens is 635 g/mol. The molecule has 52 heavy (non-hydrogen) atoms. The summed E-state index contributed by atoms with van der Waals surface area (Å²) in [5, 5.41) is 0. The molecule has 0 radical (unpaired) electrons. The van der Waals surface area contributed by atoms with Gasteiger partial charge in [0.15, 0.2) is 11.5 Å². The molecule has 3 heterocycles. The molecule has 0 amide bonds. The van der Waals surface area contributed by atoms with Gasteiger partial charge in [0.2, 0.25) is 0 Å². The minimum Gasteiger partial charge on any atom is -0.486 e. The molecule has 5 aromatic rings. The molecule has 4 nitrogen and oxygen atoms in total. The normalized spacial score (nSPS) is 15.0. The summed E-state index contributed by atoms with van der Waals surface area (Å²) in [6.07, 6.45) is 0. The standard InChI is InChI=1S/C47H53BN2O2/c1-28-21-39-43-40(22-28)50(44-29(2)23-33(24-30(44)3)47(10,11)12)38-27-42-41(51-19-20-52-42)26-36(38)48(43)35-25-32(46(7,8)9)15-18-37(35)49(39)34-16-13-31(14-17-34)45(4,5)6/h13-18,21-27H,19-20H2,1-12H3. The molecular formula is C47H53BN2O2. The molecule has 0 unspecified atom stereocenters. The number of benzene rings is 5. The van der Waals surface area contributed by atoms with Crippen molar-refractivity contribution in [2.24, 2.45) is 0 Å². The molecule has 0 saturated carbocycles. The molecule has 3 aliphatic rings. The summed E-state index contributed by atoms with van der Waals surface area (Å²) in [7, 11) is 0. The first-order valence-corrected chi connectivity index (χ1v) is 19.0. The first-order valence-electron chi connectivity index (χ1n) is 19.0. The molecule has 266 valence electrons. The summed E-state index contributed by atoms with van der Waals surface area (Å²) >= 11 is 0. The van der Waals surface area contributed by atoms with Crippen LogP contribution in [0.4, 0.5) is 34.1 Å². The quantitative estimate of drug-likeness (QED) is 0.169. The molecule has 0 aliphatic carbocycles. The third kappa shape index (κ3) is 5.50. The number of rotatable bonds is 2. The second-order valence-corrected chi connectivity index (χ2v) is 18.4. The van der Waals surface area contributed by atoms with Crippen LogP contribution in [0, 0.1) is 20.8 Å². The molecule has 0 atom stereocenters. The summed E-state index contributed by atoms with van der Waals surface area (Å²) in [6.45, 7) is 28.6. The fourth-order valence-corrected chi connectivity index (χ4v) is 8.51. The van der Waals surface area contributed by atoms with Gasteiger partial charge in [-0.15, -0.1) is 0 Å². The molecule has 5 heteroatoms. The van der Waals surface area contributed by atoms with Gasteiger partial charge in [0.1, 0.15) is 13.2 Å². The second-order valence-electron chi connectivity index (χ2n) is 18.4. The van der Waals surface area contributed by atoms with Crippen LogP contribution in [0.2, 0.25) is 0 Å². The zero-order valence-electron chi connectivity index (χ0n) is 33.2. The zero-order chi connectivity index (χ0) is 37.1. The molecule has 8 rings (SSSR count). The van der Waals surface area contributed by atoms with Crippen LogP contribution in [0.3, 0.4) is 0 Å². The number of ether oxygens (including phenoxy) is 2. The third-order valence-electron chi connectivity index (χ3n) is 11.3. The Morgan fingerprint density at radius 3 is 1.60 bits per heavy atom. The maximum Gasteiger partial charge on any atom is 0.252 e. The Bertz CT molecular complexity index is 2230. The van der Waals surface area contributed by atoms with Gasteiger partial charge < -0.3 is 19.3 Å². The van der Waals surface area contributed by atoms with Crippen LogP contribution in [-0.2, 0) is 16.2 Å². The lowest BCUT2D eigenvalue weighted by molar-refractivity contribution is 0.172. The lowest BCUT2D eigenvalue weighted by atomic mass is 9.33. The third-order valence-corrected chi connectivity index (χ3v) is 11.3. The SMILES string of the molecule is Cc1cc2c3c(c1)N(c1c(C)cc(C(C)(C)C)cc1C)c1cc4c(cc1B3c1cc(C(C)(C)C)ccc1N2c1ccc(C(C)(C)C)cc1)OCCO4. The number of nitrogens with zero attached hydrogens (tertiary/aromatic N) is 2. The highest BCUT2D eigenvalue weighted by Gasteiger charge is 2.45. The molecule has 0 saturated heterocycles. The van der Waals surface area contributed by atoms with Crippen molar-refractivity contribution in [3.05, 3.63) is 112 Å². The average molecular weight is 689 g/mol. The monoisotopic (exact) mass is 688 g/mol. The van der Waals surface area contributed by atoms with Crippen molar-refractivity contribution in [1.29, 1.82) is 0 Å². The largest absolute Gasteiger partial charge is 0.486 e. The molecule has 0 bridgehead atoms. The lowest BCUT2D eigenvalue weighted by Gasteiger charge is -2.45. The van der Waals surface area contributed by atoms with E-state index in [4.69, 9.17) is 9.47 Å². The van der Waals surface area contributed by atoms with Crippen LogP contribution in [0.25, 0.3) is 0 Å².